The predicted molar refractivity (Wildman–Crippen MR) is 99.7 cm³/mol. The SMILES string of the molecule is CN(CCOc1ccc(Cl)cc1)Cc1nc(-c2ccc([N+](=O)[O-])cc2)no1. The third kappa shape index (κ3) is 5.25. The van der Waals surface area contributed by atoms with E-state index in [0.29, 0.717) is 42.0 Å². The third-order valence-corrected chi connectivity index (χ3v) is 4.02. The summed E-state index contributed by atoms with van der Waals surface area (Å²) in [6.07, 6.45) is 0. The summed E-state index contributed by atoms with van der Waals surface area (Å²) in [5.41, 5.74) is 0.673. The Morgan fingerprint density at radius 3 is 2.56 bits per heavy atom. The number of ether oxygens (including phenoxy) is 1. The van der Waals surface area contributed by atoms with Crippen LogP contribution < -0.4 is 4.74 Å². The van der Waals surface area contributed by atoms with Gasteiger partial charge in [0.2, 0.25) is 11.7 Å². The molecule has 0 saturated carbocycles. The summed E-state index contributed by atoms with van der Waals surface area (Å²) in [6, 6.07) is 13.2. The molecule has 0 aliphatic carbocycles. The van der Waals surface area contributed by atoms with Crippen LogP contribution in [0.5, 0.6) is 5.75 Å². The normalized spacial score (nSPS) is 10.9. The average molecular weight is 389 g/mol. The maximum Gasteiger partial charge on any atom is 0.269 e. The van der Waals surface area contributed by atoms with Crippen molar-refractivity contribution >= 4 is 17.3 Å². The summed E-state index contributed by atoms with van der Waals surface area (Å²) in [4.78, 5) is 16.6. The van der Waals surface area contributed by atoms with E-state index in [1.807, 2.05) is 24.1 Å². The van der Waals surface area contributed by atoms with Crippen LogP contribution in [0.4, 0.5) is 5.69 Å². The van der Waals surface area contributed by atoms with Gasteiger partial charge in [-0.1, -0.05) is 16.8 Å². The molecule has 3 rings (SSSR count). The van der Waals surface area contributed by atoms with Crippen LogP contribution in [0.3, 0.4) is 0 Å². The second-order valence-electron chi connectivity index (χ2n) is 5.86. The molecule has 27 heavy (non-hydrogen) atoms. The molecule has 0 aliphatic heterocycles. The van der Waals surface area contributed by atoms with Crippen LogP contribution >= 0.6 is 11.6 Å². The smallest absolute Gasteiger partial charge is 0.269 e. The first-order chi connectivity index (χ1) is 13.0. The summed E-state index contributed by atoms with van der Waals surface area (Å²) in [6.45, 7) is 1.63. The highest BCUT2D eigenvalue weighted by molar-refractivity contribution is 6.30. The number of hydrogen-bond donors (Lipinski definition) is 0. The van der Waals surface area contributed by atoms with Crippen LogP contribution in [-0.4, -0.2) is 40.2 Å². The quantitative estimate of drug-likeness (QED) is 0.427. The lowest BCUT2D eigenvalue weighted by molar-refractivity contribution is -0.384. The fourth-order valence-corrected chi connectivity index (χ4v) is 2.45. The van der Waals surface area contributed by atoms with Crippen molar-refractivity contribution in [3.05, 3.63) is 69.6 Å². The van der Waals surface area contributed by atoms with Crippen molar-refractivity contribution in [1.82, 2.24) is 15.0 Å². The van der Waals surface area contributed by atoms with E-state index in [-0.39, 0.29) is 5.69 Å². The number of aromatic nitrogens is 2. The number of nitro benzene ring substituents is 1. The Morgan fingerprint density at radius 2 is 1.89 bits per heavy atom. The van der Waals surface area contributed by atoms with Crippen molar-refractivity contribution in [2.75, 3.05) is 20.2 Å². The molecule has 0 radical (unpaired) electrons. The Hall–Kier alpha value is -2.97. The Labute approximate surface area is 160 Å². The number of nitro groups is 1. The molecule has 9 heteroatoms. The lowest BCUT2D eigenvalue weighted by Gasteiger charge is -2.14. The van der Waals surface area contributed by atoms with E-state index in [1.54, 1.807) is 24.3 Å². The molecular formula is C18H17ClN4O4. The minimum atomic E-state index is -0.452. The van der Waals surface area contributed by atoms with Gasteiger partial charge >= 0.3 is 0 Å². The highest BCUT2D eigenvalue weighted by Crippen LogP contribution is 2.20. The van der Waals surface area contributed by atoms with Gasteiger partial charge in [-0.2, -0.15) is 4.98 Å². The van der Waals surface area contributed by atoms with Gasteiger partial charge in [-0.3, -0.25) is 15.0 Å². The van der Waals surface area contributed by atoms with E-state index < -0.39 is 4.92 Å². The first-order valence-corrected chi connectivity index (χ1v) is 8.53. The van der Waals surface area contributed by atoms with Gasteiger partial charge in [0.15, 0.2) is 0 Å². The van der Waals surface area contributed by atoms with Crippen molar-refractivity contribution in [3.8, 4) is 17.1 Å². The number of non-ortho nitro benzene ring substituents is 1. The average Bonchev–Trinajstić information content (AvgIpc) is 3.12. The number of nitrogens with zero attached hydrogens (tertiary/aromatic N) is 4. The van der Waals surface area contributed by atoms with Gasteiger partial charge in [0.1, 0.15) is 12.4 Å². The van der Waals surface area contributed by atoms with Gasteiger partial charge in [-0.25, -0.2) is 0 Å². The van der Waals surface area contributed by atoms with Crippen LogP contribution in [-0.2, 0) is 6.54 Å². The van der Waals surface area contributed by atoms with E-state index in [1.165, 1.54) is 12.1 Å². The molecule has 0 unspecified atom stereocenters. The number of likely N-dealkylation sites (N-methyl/N-ethyl adjacent to an activating group) is 1. The van der Waals surface area contributed by atoms with Crippen molar-refractivity contribution in [2.45, 2.75) is 6.54 Å². The second kappa shape index (κ2) is 8.61. The molecule has 0 spiro atoms. The molecular weight excluding hydrogens is 372 g/mol. The van der Waals surface area contributed by atoms with Gasteiger partial charge in [-0.15, -0.1) is 0 Å². The van der Waals surface area contributed by atoms with Crippen molar-refractivity contribution in [2.24, 2.45) is 0 Å². The first kappa shape index (κ1) is 18.8. The predicted octanol–water partition coefficient (Wildman–Crippen LogP) is 3.81. The highest BCUT2D eigenvalue weighted by atomic mass is 35.5. The maximum atomic E-state index is 10.7. The molecule has 3 aromatic rings. The fraction of sp³-hybridized carbons (Fsp3) is 0.222. The van der Waals surface area contributed by atoms with Gasteiger partial charge < -0.3 is 9.26 Å². The lowest BCUT2D eigenvalue weighted by atomic mass is 10.2. The summed E-state index contributed by atoms with van der Waals surface area (Å²) in [7, 11) is 1.92. The highest BCUT2D eigenvalue weighted by Gasteiger charge is 2.12. The zero-order valence-electron chi connectivity index (χ0n) is 14.5. The zero-order valence-corrected chi connectivity index (χ0v) is 15.3. The molecule has 0 amide bonds. The van der Waals surface area contributed by atoms with Crippen molar-refractivity contribution in [3.63, 3.8) is 0 Å². The van der Waals surface area contributed by atoms with E-state index in [0.717, 1.165) is 5.75 Å². The fourth-order valence-electron chi connectivity index (χ4n) is 2.33. The van der Waals surface area contributed by atoms with E-state index in [4.69, 9.17) is 20.9 Å². The molecule has 0 aliphatic rings. The van der Waals surface area contributed by atoms with Crippen LogP contribution in [0, 0.1) is 10.1 Å². The monoisotopic (exact) mass is 388 g/mol. The van der Waals surface area contributed by atoms with Crippen molar-refractivity contribution < 1.29 is 14.2 Å². The number of halogens is 1. The summed E-state index contributed by atoms with van der Waals surface area (Å²) >= 11 is 5.84. The number of rotatable bonds is 8. The molecule has 0 fully saturated rings. The number of hydrogen-bond acceptors (Lipinski definition) is 7. The largest absolute Gasteiger partial charge is 0.492 e. The van der Waals surface area contributed by atoms with Gasteiger partial charge in [0.25, 0.3) is 5.69 Å². The Kier molecular flexibility index (Phi) is 6.00. The molecule has 1 heterocycles. The molecule has 140 valence electrons. The summed E-state index contributed by atoms with van der Waals surface area (Å²) in [5, 5.41) is 15.3. The van der Waals surface area contributed by atoms with Gasteiger partial charge in [0.05, 0.1) is 11.5 Å². The minimum Gasteiger partial charge on any atom is -0.492 e. The van der Waals surface area contributed by atoms with Crippen molar-refractivity contribution in [1.29, 1.82) is 0 Å². The molecule has 0 saturated heterocycles. The second-order valence-corrected chi connectivity index (χ2v) is 6.29. The van der Waals surface area contributed by atoms with E-state index >= 15 is 0 Å². The van der Waals surface area contributed by atoms with Crippen LogP contribution in [0.2, 0.25) is 5.02 Å². The molecule has 2 aromatic carbocycles. The topological polar surface area (TPSA) is 94.5 Å². The van der Waals surface area contributed by atoms with Crippen LogP contribution in [0.25, 0.3) is 11.4 Å². The van der Waals surface area contributed by atoms with E-state index in [9.17, 15) is 10.1 Å². The standard InChI is InChI=1S/C18H17ClN4O4/c1-22(10-11-26-16-8-4-14(19)5-9-16)12-17-20-18(21-27-17)13-2-6-15(7-3-13)23(24)25/h2-9H,10-12H2,1H3. The molecule has 8 nitrogen and oxygen atoms in total. The Morgan fingerprint density at radius 1 is 1.19 bits per heavy atom. The first-order valence-electron chi connectivity index (χ1n) is 8.15. The van der Waals surface area contributed by atoms with Crippen LogP contribution in [0.1, 0.15) is 5.89 Å². The maximum absolute atomic E-state index is 10.7. The molecule has 0 atom stereocenters. The molecule has 0 bridgehead atoms. The Balaban J connectivity index is 1.50. The van der Waals surface area contributed by atoms with E-state index in [2.05, 4.69) is 10.1 Å². The third-order valence-electron chi connectivity index (χ3n) is 3.76. The summed E-state index contributed by atoms with van der Waals surface area (Å²) in [5.74, 6) is 1.61. The molecule has 0 N–H and O–H groups in total. The lowest BCUT2D eigenvalue weighted by Crippen LogP contribution is -2.24. The van der Waals surface area contributed by atoms with Gasteiger partial charge in [0, 0.05) is 29.3 Å². The minimum absolute atomic E-state index is 0.0166. The number of benzene rings is 2. The Bertz CT molecular complexity index is 896. The van der Waals surface area contributed by atoms with Gasteiger partial charge in [-0.05, 0) is 43.4 Å². The van der Waals surface area contributed by atoms with Crippen LogP contribution in [0.15, 0.2) is 53.1 Å². The summed E-state index contributed by atoms with van der Waals surface area (Å²) < 4.78 is 10.9. The molecule has 1 aromatic heterocycles. The zero-order chi connectivity index (χ0) is 19.2.